The molecular weight excluding hydrogens is 350 g/mol. The minimum atomic E-state index is -0.572. The van der Waals surface area contributed by atoms with Gasteiger partial charge in [-0.25, -0.2) is 0 Å². The minimum absolute atomic E-state index is 0.00111. The van der Waals surface area contributed by atoms with Crippen molar-refractivity contribution in [2.75, 3.05) is 18.6 Å². The highest BCUT2D eigenvalue weighted by atomic mass is 16.5. The van der Waals surface area contributed by atoms with Crippen molar-refractivity contribution in [1.29, 1.82) is 0 Å². The lowest BCUT2D eigenvalue weighted by molar-refractivity contribution is -0.119. The number of carbonyl (C=O) groups excluding carboxylic acids is 1. The SMILES string of the molecule is COc1ccc2c(c1)N(C(=O)C(c1ccccc1)c1ccccc1)CCC2O. The number of benzene rings is 3. The number of hydrogen-bond acceptors (Lipinski definition) is 3. The number of aliphatic hydroxyl groups excluding tert-OH is 1. The molecule has 0 saturated heterocycles. The van der Waals surface area contributed by atoms with Gasteiger partial charge < -0.3 is 14.7 Å². The van der Waals surface area contributed by atoms with Gasteiger partial charge in [0.1, 0.15) is 5.75 Å². The van der Waals surface area contributed by atoms with E-state index in [9.17, 15) is 9.90 Å². The fourth-order valence-corrected chi connectivity index (χ4v) is 3.85. The summed E-state index contributed by atoms with van der Waals surface area (Å²) in [5, 5.41) is 10.4. The Morgan fingerprint density at radius 3 is 2.18 bits per heavy atom. The molecule has 1 amide bonds. The van der Waals surface area contributed by atoms with Crippen molar-refractivity contribution in [3.63, 3.8) is 0 Å². The van der Waals surface area contributed by atoms with Crippen LogP contribution in [0.1, 0.15) is 35.1 Å². The van der Waals surface area contributed by atoms with Gasteiger partial charge in [0.25, 0.3) is 0 Å². The van der Waals surface area contributed by atoms with E-state index in [1.807, 2.05) is 78.9 Å². The van der Waals surface area contributed by atoms with Crippen LogP contribution < -0.4 is 9.64 Å². The number of hydrogen-bond donors (Lipinski definition) is 1. The summed E-state index contributed by atoms with van der Waals surface area (Å²) >= 11 is 0. The van der Waals surface area contributed by atoms with Gasteiger partial charge in [-0.15, -0.1) is 0 Å². The fourth-order valence-electron chi connectivity index (χ4n) is 3.85. The number of ether oxygens (including phenoxy) is 1. The molecule has 3 aromatic carbocycles. The van der Waals surface area contributed by atoms with Gasteiger partial charge in [-0.3, -0.25) is 4.79 Å². The first-order valence-corrected chi connectivity index (χ1v) is 9.46. The molecule has 3 aromatic rings. The lowest BCUT2D eigenvalue weighted by atomic mass is 9.88. The molecule has 0 radical (unpaired) electrons. The second-order valence-electron chi connectivity index (χ2n) is 6.97. The van der Waals surface area contributed by atoms with Crippen LogP contribution >= 0.6 is 0 Å². The average Bonchev–Trinajstić information content (AvgIpc) is 2.75. The van der Waals surface area contributed by atoms with Crippen LogP contribution in [0.2, 0.25) is 0 Å². The number of nitrogens with zero attached hydrogens (tertiary/aromatic N) is 1. The maximum absolute atomic E-state index is 13.8. The van der Waals surface area contributed by atoms with Crippen LogP contribution in [-0.2, 0) is 4.79 Å². The van der Waals surface area contributed by atoms with Gasteiger partial charge in [-0.1, -0.05) is 66.7 Å². The predicted molar refractivity (Wildman–Crippen MR) is 110 cm³/mol. The Labute approximate surface area is 165 Å². The van der Waals surface area contributed by atoms with Gasteiger partial charge in [0, 0.05) is 18.2 Å². The first kappa shape index (κ1) is 18.3. The Bertz CT molecular complexity index is 917. The van der Waals surface area contributed by atoms with E-state index in [1.54, 1.807) is 12.0 Å². The smallest absolute Gasteiger partial charge is 0.239 e. The molecule has 4 rings (SSSR count). The zero-order chi connectivity index (χ0) is 19.5. The van der Waals surface area contributed by atoms with Crippen LogP contribution in [0.5, 0.6) is 5.75 Å². The molecule has 0 aromatic heterocycles. The molecule has 1 atom stereocenters. The van der Waals surface area contributed by atoms with E-state index in [-0.39, 0.29) is 5.91 Å². The molecule has 1 aliphatic rings. The van der Waals surface area contributed by atoms with Gasteiger partial charge in [0.15, 0.2) is 0 Å². The van der Waals surface area contributed by atoms with E-state index in [0.29, 0.717) is 18.7 Å². The molecule has 0 bridgehead atoms. The molecular formula is C24H23NO3. The highest BCUT2D eigenvalue weighted by Gasteiger charge is 2.33. The van der Waals surface area contributed by atoms with Crippen LogP contribution in [0.4, 0.5) is 5.69 Å². The van der Waals surface area contributed by atoms with Crippen LogP contribution in [-0.4, -0.2) is 24.7 Å². The van der Waals surface area contributed by atoms with Crippen molar-refractivity contribution in [2.24, 2.45) is 0 Å². The van der Waals surface area contributed by atoms with Gasteiger partial charge in [0.05, 0.1) is 24.8 Å². The lowest BCUT2D eigenvalue weighted by Gasteiger charge is -2.35. The number of fused-ring (bicyclic) bond motifs is 1. The number of amides is 1. The number of aliphatic hydroxyl groups is 1. The number of methoxy groups -OCH3 is 1. The zero-order valence-electron chi connectivity index (χ0n) is 15.8. The number of carbonyl (C=O) groups is 1. The van der Waals surface area contributed by atoms with Crippen molar-refractivity contribution in [2.45, 2.75) is 18.4 Å². The highest BCUT2D eigenvalue weighted by Crippen LogP contribution is 2.39. The molecule has 0 aliphatic carbocycles. The summed E-state index contributed by atoms with van der Waals surface area (Å²) in [7, 11) is 1.60. The van der Waals surface area contributed by atoms with Gasteiger partial charge in [-0.2, -0.15) is 0 Å². The Balaban J connectivity index is 1.79. The third kappa shape index (κ3) is 3.39. The highest BCUT2D eigenvalue weighted by molar-refractivity contribution is 6.01. The summed E-state index contributed by atoms with van der Waals surface area (Å²) in [6.07, 6.45) is -0.0571. The van der Waals surface area contributed by atoms with E-state index < -0.39 is 12.0 Å². The fraction of sp³-hybridized carbons (Fsp3) is 0.208. The van der Waals surface area contributed by atoms with Crippen LogP contribution in [0, 0.1) is 0 Å². The molecule has 0 fully saturated rings. The van der Waals surface area contributed by atoms with Gasteiger partial charge in [0.2, 0.25) is 5.91 Å². The zero-order valence-corrected chi connectivity index (χ0v) is 15.8. The van der Waals surface area contributed by atoms with Crippen molar-refractivity contribution in [3.05, 3.63) is 95.6 Å². The maximum atomic E-state index is 13.8. The Morgan fingerprint density at radius 2 is 1.61 bits per heavy atom. The molecule has 0 spiro atoms. The average molecular weight is 373 g/mol. The van der Waals surface area contributed by atoms with Crippen LogP contribution in [0.25, 0.3) is 0 Å². The number of rotatable bonds is 4. The minimum Gasteiger partial charge on any atom is -0.497 e. The summed E-state index contributed by atoms with van der Waals surface area (Å²) in [6, 6.07) is 25.2. The van der Waals surface area contributed by atoms with Crippen LogP contribution in [0.15, 0.2) is 78.9 Å². The van der Waals surface area contributed by atoms with E-state index >= 15 is 0 Å². The second kappa shape index (κ2) is 7.87. The van der Waals surface area contributed by atoms with Crippen molar-refractivity contribution in [1.82, 2.24) is 0 Å². The van der Waals surface area contributed by atoms with Gasteiger partial charge in [-0.05, 0) is 23.6 Å². The molecule has 0 saturated carbocycles. The molecule has 1 heterocycles. The summed E-state index contributed by atoms with van der Waals surface area (Å²) < 4.78 is 5.35. The van der Waals surface area contributed by atoms with E-state index in [4.69, 9.17) is 4.74 Å². The summed E-state index contributed by atoms with van der Waals surface area (Å²) in [5.74, 6) is 0.261. The predicted octanol–water partition coefficient (Wildman–Crippen LogP) is 4.30. The van der Waals surface area contributed by atoms with Crippen molar-refractivity contribution in [3.8, 4) is 5.75 Å². The van der Waals surface area contributed by atoms with Crippen molar-refractivity contribution >= 4 is 11.6 Å². The van der Waals surface area contributed by atoms with Gasteiger partial charge >= 0.3 is 0 Å². The summed E-state index contributed by atoms with van der Waals surface area (Å²) in [6.45, 7) is 0.469. The number of anilines is 1. The second-order valence-corrected chi connectivity index (χ2v) is 6.97. The van der Waals surface area contributed by atoms with E-state index in [1.165, 1.54) is 0 Å². The summed E-state index contributed by atoms with van der Waals surface area (Å²) in [4.78, 5) is 15.6. The monoisotopic (exact) mass is 373 g/mol. The topological polar surface area (TPSA) is 49.8 Å². The van der Waals surface area contributed by atoms with E-state index in [0.717, 1.165) is 22.4 Å². The maximum Gasteiger partial charge on any atom is 0.239 e. The normalized spacial score (nSPS) is 16.0. The first-order valence-electron chi connectivity index (χ1n) is 9.46. The summed E-state index contributed by atoms with van der Waals surface area (Å²) in [5.41, 5.74) is 3.39. The Kier molecular flexibility index (Phi) is 5.13. The molecule has 1 N–H and O–H groups in total. The lowest BCUT2D eigenvalue weighted by Crippen LogP contribution is -2.40. The molecule has 4 heteroatoms. The quantitative estimate of drug-likeness (QED) is 0.742. The van der Waals surface area contributed by atoms with E-state index in [2.05, 4.69) is 0 Å². The van der Waals surface area contributed by atoms with Crippen LogP contribution in [0.3, 0.4) is 0 Å². The third-order valence-electron chi connectivity index (χ3n) is 5.29. The Hall–Kier alpha value is -3.11. The standard InChI is InChI=1S/C24H23NO3/c1-28-19-12-13-20-21(16-19)25(15-14-22(20)26)24(27)23(17-8-4-2-5-9-17)18-10-6-3-7-11-18/h2-13,16,22-23,26H,14-15H2,1H3. The molecule has 1 aliphatic heterocycles. The van der Waals surface area contributed by atoms with Crippen molar-refractivity contribution < 1.29 is 14.6 Å². The molecule has 4 nitrogen and oxygen atoms in total. The largest absolute Gasteiger partial charge is 0.497 e. The molecule has 1 unspecified atom stereocenters. The molecule has 28 heavy (non-hydrogen) atoms. The third-order valence-corrected chi connectivity index (χ3v) is 5.29. The Morgan fingerprint density at radius 1 is 1.00 bits per heavy atom. The first-order chi connectivity index (χ1) is 13.7. The molecule has 142 valence electrons.